The van der Waals surface area contributed by atoms with Crippen LogP contribution in [0.4, 0.5) is 0 Å². The number of carboxylic acids is 1. The van der Waals surface area contributed by atoms with E-state index >= 15 is 0 Å². The summed E-state index contributed by atoms with van der Waals surface area (Å²) in [4.78, 5) is 25.7. The summed E-state index contributed by atoms with van der Waals surface area (Å²) >= 11 is 0. The van der Waals surface area contributed by atoms with Gasteiger partial charge in [-0.15, -0.1) is 0 Å². The SMILES string of the molecule is O=C(O)CCC1CCCN(C(=O)c2ccccc2OCc2ccccc2)C1. The molecule has 5 nitrogen and oxygen atoms in total. The lowest BCUT2D eigenvalue weighted by molar-refractivity contribution is -0.137. The van der Waals surface area contributed by atoms with Crippen LogP contribution in [0, 0.1) is 5.92 Å². The number of carbonyl (C=O) groups excluding carboxylic acids is 1. The van der Waals surface area contributed by atoms with Gasteiger partial charge in [0.15, 0.2) is 0 Å². The molecule has 1 atom stereocenters. The van der Waals surface area contributed by atoms with Crippen LogP contribution in [0.3, 0.4) is 0 Å². The van der Waals surface area contributed by atoms with Crippen LogP contribution in [0.15, 0.2) is 54.6 Å². The van der Waals surface area contributed by atoms with Crippen molar-refractivity contribution in [2.45, 2.75) is 32.3 Å². The molecular formula is C22H25NO4. The van der Waals surface area contributed by atoms with Crippen molar-refractivity contribution >= 4 is 11.9 Å². The summed E-state index contributed by atoms with van der Waals surface area (Å²) in [5.74, 6) is 0.00649. The molecule has 27 heavy (non-hydrogen) atoms. The second-order valence-corrected chi connectivity index (χ2v) is 6.96. The van der Waals surface area contributed by atoms with E-state index in [2.05, 4.69) is 0 Å². The van der Waals surface area contributed by atoms with E-state index in [1.807, 2.05) is 53.4 Å². The predicted molar refractivity (Wildman–Crippen MR) is 103 cm³/mol. The van der Waals surface area contributed by atoms with Gasteiger partial charge in [0, 0.05) is 19.5 Å². The number of nitrogens with zero attached hydrogens (tertiary/aromatic N) is 1. The lowest BCUT2D eigenvalue weighted by Gasteiger charge is -2.33. The number of hydrogen-bond donors (Lipinski definition) is 1. The zero-order valence-electron chi connectivity index (χ0n) is 15.3. The number of likely N-dealkylation sites (tertiary alicyclic amines) is 1. The minimum absolute atomic E-state index is 0.0429. The molecule has 1 aliphatic rings. The molecule has 0 aromatic heterocycles. The molecule has 142 valence electrons. The Morgan fingerprint density at radius 2 is 1.81 bits per heavy atom. The molecule has 1 N–H and O–H groups in total. The standard InChI is InChI=1S/C22H25NO4/c24-21(25)13-12-17-9-6-14-23(15-17)22(26)19-10-4-5-11-20(19)27-16-18-7-2-1-3-8-18/h1-5,7-8,10-11,17H,6,9,12-16H2,(H,24,25). The maximum Gasteiger partial charge on any atom is 0.303 e. The van der Waals surface area contributed by atoms with Crippen LogP contribution in [0.25, 0.3) is 0 Å². The van der Waals surface area contributed by atoms with Crippen molar-refractivity contribution < 1.29 is 19.4 Å². The van der Waals surface area contributed by atoms with Crippen molar-refractivity contribution in [3.63, 3.8) is 0 Å². The second-order valence-electron chi connectivity index (χ2n) is 6.96. The lowest BCUT2D eigenvalue weighted by atomic mass is 9.93. The number of hydrogen-bond acceptors (Lipinski definition) is 3. The van der Waals surface area contributed by atoms with E-state index in [1.54, 1.807) is 6.07 Å². The summed E-state index contributed by atoms with van der Waals surface area (Å²) in [5.41, 5.74) is 1.61. The Hall–Kier alpha value is -2.82. The predicted octanol–water partition coefficient (Wildman–Crippen LogP) is 3.98. The molecule has 1 fully saturated rings. The number of piperidine rings is 1. The number of carbonyl (C=O) groups is 2. The van der Waals surface area contributed by atoms with Gasteiger partial charge in [-0.1, -0.05) is 42.5 Å². The molecule has 0 spiro atoms. The molecule has 1 aliphatic heterocycles. The second kappa shape index (κ2) is 9.21. The third-order valence-electron chi connectivity index (χ3n) is 4.93. The molecule has 0 aliphatic carbocycles. The molecule has 0 saturated carbocycles. The third-order valence-corrected chi connectivity index (χ3v) is 4.93. The highest BCUT2D eigenvalue weighted by atomic mass is 16.5. The van der Waals surface area contributed by atoms with E-state index in [9.17, 15) is 9.59 Å². The average molecular weight is 367 g/mol. The van der Waals surface area contributed by atoms with E-state index in [0.29, 0.717) is 37.4 Å². The summed E-state index contributed by atoms with van der Waals surface area (Å²) in [6, 6.07) is 17.2. The van der Waals surface area contributed by atoms with E-state index in [-0.39, 0.29) is 18.2 Å². The molecular weight excluding hydrogens is 342 g/mol. The van der Waals surface area contributed by atoms with Gasteiger partial charge in [-0.3, -0.25) is 9.59 Å². The molecule has 5 heteroatoms. The number of para-hydroxylation sites is 1. The summed E-state index contributed by atoms with van der Waals surface area (Å²) in [6.45, 7) is 1.72. The number of rotatable bonds is 7. The average Bonchev–Trinajstić information content (AvgIpc) is 2.71. The van der Waals surface area contributed by atoms with Crippen LogP contribution in [0.5, 0.6) is 5.75 Å². The highest BCUT2D eigenvalue weighted by molar-refractivity contribution is 5.97. The highest BCUT2D eigenvalue weighted by Gasteiger charge is 2.26. The van der Waals surface area contributed by atoms with Gasteiger partial charge in [0.2, 0.25) is 0 Å². The third kappa shape index (κ3) is 5.33. The fourth-order valence-electron chi connectivity index (χ4n) is 3.49. The molecule has 0 bridgehead atoms. The fraction of sp³-hybridized carbons (Fsp3) is 0.364. The van der Waals surface area contributed by atoms with E-state index in [1.165, 1.54) is 0 Å². The first kappa shape index (κ1) is 19.0. The summed E-state index contributed by atoms with van der Waals surface area (Å²) in [5, 5.41) is 8.89. The summed E-state index contributed by atoms with van der Waals surface area (Å²) in [7, 11) is 0. The number of aliphatic carboxylic acids is 1. The molecule has 1 unspecified atom stereocenters. The zero-order chi connectivity index (χ0) is 19.1. The van der Waals surface area contributed by atoms with Crippen LogP contribution in [0.1, 0.15) is 41.6 Å². The van der Waals surface area contributed by atoms with Crippen molar-refractivity contribution in [1.82, 2.24) is 4.90 Å². The zero-order valence-corrected chi connectivity index (χ0v) is 15.3. The normalized spacial score (nSPS) is 16.7. The topological polar surface area (TPSA) is 66.8 Å². The monoisotopic (exact) mass is 367 g/mol. The van der Waals surface area contributed by atoms with Crippen molar-refractivity contribution in [3.8, 4) is 5.75 Å². The maximum atomic E-state index is 13.0. The van der Waals surface area contributed by atoms with Crippen LogP contribution in [-0.4, -0.2) is 35.0 Å². The molecule has 1 heterocycles. The minimum atomic E-state index is -0.780. The Morgan fingerprint density at radius 1 is 1.07 bits per heavy atom. The van der Waals surface area contributed by atoms with Crippen LogP contribution < -0.4 is 4.74 Å². The van der Waals surface area contributed by atoms with Gasteiger partial charge in [-0.25, -0.2) is 0 Å². The van der Waals surface area contributed by atoms with Gasteiger partial charge in [0.05, 0.1) is 5.56 Å². The fourth-order valence-corrected chi connectivity index (χ4v) is 3.49. The van der Waals surface area contributed by atoms with Gasteiger partial charge in [0.25, 0.3) is 5.91 Å². The van der Waals surface area contributed by atoms with Gasteiger partial charge in [0.1, 0.15) is 12.4 Å². The largest absolute Gasteiger partial charge is 0.488 e. The number of ether oxygens (including phenoxy) is 1. The molecule has 1 amide bonds. The molecule has 2 aromatic rings. The Kier molecular flexibility index (Phi) is 6.47. The Bertz CT molecular complexity index is 775. The first-order valence-corrected chi connectivity index (χ1v) is 9.40. The molecule has 2 aromatic carbocycles. The van der Waals surface area contributed by atoms with Gasteiger partial charge in [-0.05, 0) is 42.9 Å². The maximum absolute atomic E-state index is 13.0. The Morgan fingerprint density at radius 3 is 2.59 bits per heavy atom. The summed E-state index contributed by atoms with van der Waals surface area (Å²) < 4.78 is 5.92. The van der Waals surface area contributed by atoms with E-state index in [0.717, 1.165) is 18.4 Å². The van der Waals surface area contributed by atoms with Crippen molar-refractivity contribution in [3.05, 3.63) is 65.7 Å². The van der Waals surface area contributed by atoms with Crippen LogP contribution in [0.2, 0.25) is 0 Å². The van der Waals surface area contributed by atoms with Gasteiger partial charge in [-0.2, -0.15) is 0 Å². The number of carboxylic acid groups (broad SMARTS) is 1. The van der Waals surface area contributed by atoms with Crippen LogP contribution >= 0.6 is 0 Å². The molecule has 0 radical (unpaired) electrons. The number of amides is 1. The first-order chi connectivity index (χ1) is 13.1. The Balaban J connectivity index is 1.66. The van der Waals surface area contributed by atoms with Crippen molar-refractivity contribution in [2.24, 2.45) is 5.92 Å². The van der Waals surface area contributed by atoms with Crippen LogP contribution in [-0.2, 0) is 11.4 Å². The van der Waals surface area contributed by atoms with Gasteiger partial charge < -0.3 is 14.7 Å². The number of benzene rings is 2. The minimum Gasteiger partial charge on any atom is -0.488 e. The first-order valence-electron chi connectivity index (χ1n) is 9.40. The van der Waals surface area contributed by atoms with Crippen molar-refractivity contribution in [2.75, 3.05) is 13.1 Å². The molecule has 1 saturated heterocycles. The Labute approximate surface area is 159 Å². The van der Waals surface area contributed by atoms with E-state index < -0.39 is 5.97 Å². The van der Waals surface area contributed by atoms with E-state index in [4.69, 9.17) is 9.84 Å². The highest BCUT2D eigenvalue weighted by Crippen LogP contribution is 2.26. The van der Waals surface area contributed by atoms with Crippen molar-refractivity contribution in [1.29, 1.82) is 0 Å². The van der Waals surface area contributed by atoms with Gasteiger partial charge >= 0.3 is 5.97 Å². The smallest absolute Gasteiger partial charge is 0.303 e. The summed E-state index contributed by atoms with van der Waals surface area (Å²) in [6.07, 6.45) is 2.65. The lowest BCUT2D eigenvalue weighted by Crippen LogP contribution is -2.40. The quantitative estimate of drug-likeness (QED) is 0.804. The molecule has 3 rings (SSSR count).